The van der Waals surface area contributed by atoms with Crippen LogP contribution in [-0.4, -0.2) is 26.7 Å². The Morgan fingerprint density at radius 1 is 1.43 bits per heavy atom. The molecule has 21 heavy (non-hydrogen) atoms. The van der Waals surface area contributed by atoms with E-state index in [1.807, 2.05) is 6.92 Å². The quantitative estimate of drug-likeness (QED) is 0.822. The number of nitrogens with one attached hydrogen (secondary N) is 1. The summed E-state index contributed by atoms with van der Waals surface area (Å²) in [5, 5.41) is 8.65. The van der Waals surface area contributed by atoms with Gasteiger partial charge in [-0.3, -0.25) is 0 Å². The number of benzene rings is 1. The molecule has 1 aliphatic rings. The third kappa shape index (κ3) is 3.79. The lowest BCUT2D eigenvalue weighted by Gasteiger charge is -2.09. The van der Waals surface area contributed by atoms with Gasteiger partial charge < -0.3 is 5.11 Å². The van der Waals surface area contributed by atoms with Crippen LogP contribution >= 0.6 is 0 Å². The van der Waals surface area contributed by atoms with Gasteiger partial charge in [0.25, 0.3) is 0 Å². The van der Waals surface area contributed by atoms with E-state index in [1.54, 1.807) is 0 Å². The van der Waals surface area contributed by atoms with Gasteiger partial charge >= 0.3 is 0 Å². The molecule has 0 radical (unpaired) electrons. The Labute approximate surface area is 122 Å². The van der Waals surface area contributed by atoms with E-state index >= 15 is 0 Å². The molecule has 1 aliphatic carbocycles. The summed E-state index contributed by atoms with van der Waals surface area (Å²) < 4.78 is 53.8. The van der Waals surface area contributed by atoms with Gasteiger partial charge in [-0.1, -0.05) is 18.8 Å². The average molecular weight is 315 g/mol. The highest BCUT2D eigenvalue weighted by Gasteiger charge is 2.34. The maximum atomic E-state index is 13.9. The van der Waals surface area contributed by atoms with Gasteiger partial charge in [-0.25, -0.2) is 21.9 Å². The van der Waals surface area contributed by atoms with E-state index in [1.165, 1.54) is 0 Å². The first-order valence-corrected chi connectivity index (χ1v) is 7.92. The Bertz CT molecular complexity index is 707. The molecule has 2 atom stereocenters. The average Bonchev–Trinajstić information content (AvgIpc) is 3.09. The van der Waals surface area contributed by atoms with Crippen LogP contribution in [0.15, 0.2) is 17.0 Å². The van der Waals surface area contributed by atoms with Gasteiger partial charge in [-0.05, 0) is 24.3 Å². The molecular formula is C14H15F2NO3S. The molecule has 1 aromatic rings. The minimum absolute atomic E-state index is 0.215. The fourth-order valence-corrected chi connectivity index (χ4v) is 3.33. The second-order valence-electron chi connectivity index (χ2n) is 5.05. The Hall–Kier alpha value is -1.49. The van der Waals surface area contributed by atoms with Crippen LogP contribution in [0.5, 0.6) is 0 Å². The molecule has 1 saturated carbocycles. The number of rotatable bonds is 4. The van der Waals surface area contributed by atoms with Crippen molar-refractivity contribution in [2.75, 3.05) is 13.2 Å². The fraction of sp³-hybridized carbons (Fsp3) is 0.429. The molecule has 2 N–H and O–H groups in total. The zero-order chi connectivity index (χ0) is 15.6. The van der Waals surface area contributed by atoms with E-state index in [9.17, 15) is 17.2 Å². The molecule has 0 spiro atoms. The van der Waals surface area contributed by atoms with Crippen molar-refractivity contribution in [3.8, 4) is 11.8 Å². The second-order valence-corrected chi connectivity index (χ2v) is 6.75. The van der Waals surface area contributed by atoms with Crippen LogP contribution in [0.4, 0.5) is 8.78 Å². The Kier molecular flexibility index (Phi) is 4.61. The Balaban J connectivity index is 2.36. The monoisotopic (exact) mass is 315 g/mol. The zero-order valence-electron chi connectivity index (χ0n) is 11.4. The summed E-state index contributed by atoms with van der Waals surface area (Å²) in [4.78, 5) is -0.682. The van der Waals surface area contributed by atoms with Gasteiger partial charge in [0.2, 0.25) is 10.0 Å². The zero-order valence-corrected chi connectivity index (χ0v) is 12.2. The minimum Gasteiger partial charge on any atom is -0.384 e. The number of hydrogen-bond donors (Lipinski definition) is 2. The van der Waals surface area contributed by atoms with Crippen LogP contribution in [0.1, 0.15) is 18.9 Å². The number of hydrogen-bond acceptors (Lipinski definition) is 3. The van der Waals surface area contributed by atoms with E-state index in [0.29, 0.717) is 12.0 Å². The number of aliphatic hydroxyl groups is 1. The summed E-state index contributed by atoms with van der Waals surface area (Å²) in [6, 6.07) is 1.33. The normalized spacial score (nSPS) is 20.8. The molecule has 2 rings (SSSR count). The molecule has 4 nitrogen and oxygen atoms in total. The second kappa shape index (κ2) is 6.10. The molecule has 0 bridgehead atoms. The Morgan fingerprint density at radius 2 is 2.10 bits per heavy atom. The fourth-order valence-electron chi connectivity index (χ4n) is 2.03. The highest BCUT2D eigenvalue weighted by atomic mass is 32.2. The Morgan fingerprint density at radius 3 is 2.67 bits per heavy atom. The van der Waals surface area contributed by atoms with Crippen molar-refractivity contribution < 1.29 is 22.3 Å². The maximum Gasteiger partial charge on any atom is 0.244 e. The first kappa shape index (κ1) is 15.9. The van der Waals surface area contributed by atoms with Gasteiger partial charge in [0, 0.05) is 12.6 Å². The smallest absolute Gasteiger partial charge is 0.244 e. The summed E-state index contributed by atoms with van der Waals surface area (Å²) in [6.45, 7) is 1.67. The van der Waals surface area contributed by atoms with Crippen molar-refractivity contribution in [2.24, 2.45) is 11.8 Å². The van der Waals surface area contributed by atoms with E-state index in [0.717, 1.165) is 12.5 Å². The van der Waals surface area contributed by atoms with Gasteiger partial charge in [0.1, 0.15) is 23.1 Å². The van der Waals surface area contributed by atoms with Crippen LogP contribution in [0, 0.1) is 35.3 Å². The van der Waals surface area contributed by atoms with E-state index in [4.69, 9.17) is 5.11 Å². The first-order valence-electron chi connectivity index (χ1n) is 6.43. The summed E-state index contributed by atoms with van der Waals surface area (Å²) in [7, 11) is -4.12. The van der Waals surface area contributed by atoms with E-state index < -0.39 is 33.2 Å². The predicted octanol–water partition coefficient (Wildman–Crippen LogP) is 1.24. The van der Waals surface area contributed by atoms with Crippen LogP contribution in [-0.2, 0) is 10.0 Å². The summed E-state index contributed by atoms with van der Waals surface area (Å²) >= 11 is 0. The standard InChI is InChI=1S/C14H15F2NO3S/c1-9-5-11(9)8-17-21(19,20)14-10(3-2-4-18)6-12(15)7-13(14)16/h6-7,9,11,17-18H,4-5,8H2,1H3. The molecule has 0 amide bonds. The molecule has 1 fully saturated rings. The van der Waals surface area contributed by atoms with Crippen molar-refractivity contribution in [3.63, 3.8) is 0 Å². The van der Waals surface area contributed by atoms with Crippen LogP contribution in [0.3, 0.4) is 0 Å². The maximum absolute atomic E-state index is 13.9. The number of sulfonamides is 1. The molecule has 7 heteroatoms. The van der Waals surface area contributed by atoms with Gasteiger partial charge in [-0.15, -0.1) is 0 Å². The van der Waals surface area contributed by atoms with Crippen LogP contribution in [0.2, 0.25) is 0 Å². The minimum atomic E-state index is -4.12. The van der Waals surface area contributed by atoms with Crippen LogP contribution < -0.4 is 4.72 Å². The van der Waals surface area contributed by atoms with Gasteiger partial charge in [0.15, 0.2) is 0 Å². The molecule has 1 aromatic carbocycles. The van der Waals surface area contributed by atoms with Crippen molar-refractivity contribution in [1.29, 1.82) is 0 Å². The highest BCUT2D eigenvalue weighted by molar-refractivity contribution is 7.89. The van der Waals surface area contributed by atoms with Crippen molar-refractivity contribution in [1.82, 2.24) is 4.72 Å². The summed E-state index contributed by atoms with van der Waals surface area (Å²) in [5.41, 5.74) is -0.308. The van der Waals surface area contributed by atoms with Crippen molar-refractivity contribution in [2.45, 2.75) is 18.2 Å². The first-order chi connectivity index (χ1) is 9.85. The highest BCUT2D eigenvalue weighted by Crippen LogP contribution is 2.37. The third-order valence-corrected chi connectivity index (χ3v) is 4.89. The molecule has 0 aliphatic heterocycles. The molecule has 0 saturated heterocycles. The lowest BCUT2D eigenvalue weighted by molar-refractivity contribution is 0.350. The van der Waals surface area contributed by atoms with E-state index in [2.05, 4.69) is 16.6 Å². The molecular weight excluding hydrogens is 300 g/mol. The largest absolute Gasteiger partial charge is 0.384 e. The van der Waals surface area contributed by atoms with Gasteiger partial charge in [-0.2, -0.15) is 0 Å². The van der Waals surface area contributed by atoms with E-state index in [-0.39, 0.29) is 18.0 Å². The van der Waals surface area contributed by atoms with Crippen molar-refractivity contribution in [3.05, 3.63) is 29.3 Å². The summed E-state index contributed by atoms with van der Waals surface area (Å²) in [5.74, 6) is 3.02. The number of aliphatic hydroxyl groups excluding tert-OH is 1. The summed E-state index contributed by atoms with van der Waals surface area (Å²) in [6.07, 6.45) is 0.922. The molecule has 114 valence electrons. The van der Waals surface area contributed by atoms with Gasteiger partial charge in [0.05, 0.1) is 5.56 Å². The third-order valence-electron chi connectivity index (χ3n) is 3.39. The topological polar surface area (TPSA) is 66.4 Å². The number of halogens is 2. The SMILES string of the molecule is CC1CC1CNS(=O)(=O)c1c(F)cc(F)cc1C#CCO. The molecule has 2 unspecified atom stereocenters. The van der Waals surface area contributed by atoms with Crippen LogP contribution in [0.25, 0.3) is 0 Å². The lowest BCUT2D eigenvalue weighted by atomic mass is 10.2. The lowest BCUT2D eigenvalue weighted by Crippen LogP contribution is -2.28. The molecule has 0 heterocycles. The molecule has 0 aromatic heterocycles. The predicted molar refractivity (Wildman–Crippen MR) is 72.8 cm³/mol. The van der Waals surface area contributed by atoms with Crippen molar-refractivity contribution >= 4 is 10.0 Å².